The van der Waals surface area contributed by atoms with Gasteiger partial charge in [-0.15, -0.1) is 0 Å². The van der Waals surface area contributed by atoms with Crippen molar-refractivity contribution in [2.24, 2.45) is 5.92 Å². The zero-order valence-corrected chi connectivity index (χ0v) is 25.3. The Morgan fingerprint density at radius 1 is 1.17 bits per heavy atom. The first-order valence-electron chi connectivity index (χ1n) is 14.8. The summed E-state index contributed by atoms with van der Waals surface area (Å²) in [4.78, 5) is 22.3. The summed E-state index contributed by atoms with van der Waals surface area (Å²) in [6.45, 7) is 9.42. The maximum absolute atomic E-state index is 14.5. The number of nitrogens with one attached hydrogen (secondary N) is 1. The Morgan fingerprint density at radius 2 is 1.93 bits per heavy atom. The minimum absolute atomic E-state index is 0.00211. The van der Waals surface area contributed by atoms with Gasteiger partial charge < -0.3 is 14.4 Å². The summed E-state index contributed by atoms with van der Waals surface area (Å²) < 4.78 is 42.4. The van der Waals surface area contributed by atoms with E-state index in [1.54, 1.807) is 17.2 Å². The van der Waals surface area contributed by atoms with Crippen molar-refractivity contribution >= 4 is 26.8 Å². The van der Waals surface area contributed by atoms with Crippen LogP contribution in [0.25, 0.3) is 16.6 Å². The molecule has 3 heterocycles. The average Bonchev–Trinajstić information content (AvgIpc) is 3.54. The topological polar surface area (TPSA) is 87.5 Å². The first-order chi connectivity index (χ1) is 19.5. The van der Waals surface area contributed by atoms with Crippen molar-refractivity contribution < 1.29 is 17.6 Å². The Labute approximate surface area is 243 Å². The summed E-state index contributed by atoms with van der Waals surface area (Å²) in [5.41, 5.74) is 3.15. The van der Waals surface area contributed by atoms with Crippen LogP contribution in [0.2, 0.25) is 0 Å². The molecule has 3 aromatic rings. The molecule has 2 aliphatic rings. The molecule has 5 rings (SSSR count). The molecule has 1 aromatic carbocycles. The molecule has 1 N–H and O–H groups in total. The fourth-order valence-electron chi connectivity index (χ4n) is 6.80. The van der Waals surface area contributed by atoms with Gasteiger partial charge in [-0.05, 0) is 101 Å². The maximum Gasteiger partial charge on any atom is 0.256 e. The Balaban J connectivity index is 1.37. The van der Waals surface area contributed by atoms with E-state index >= 15 is 0 Å². The molecule has 41 heavy (non-hydrogen) atoms. The van der Waals surface area contributed by atoms with Gasteiger partial charge in [-0.2, -0.15) is 0 Å². The number of aromatic nitrogens is 2. The molecule has 222 valence electrons. The van der Waals surface area contributed by atoms with Crippen LogP contribution in [0.15, 0.2) is 42.9 Å². The van der Waals surface area contributed by atoms with Crippen LogP contribution in [0.1, 0.15) is 74.7 Å². The van der Waals surface area contributed by atoms with E-state index in [1.807, 2.05) is 37.6 Å². The monoisotopic (exact) mass is 583 g/mol. The van der Waals surface area contributed by atoms with Gasteiger partial charge in [0.2, 0.25) is 10.0 Å². The van der Waals surface area contributed by atoms with Gasteiger partial charge in [-0.1, -0.05) is 0 Å². The van der Waals surface area contributed by atoms with Crippen LogP contribution < -0.4 is 4.72 Å². The molecule has 0 radical (unpaired) electrons. The Morgan fingerprint density at radius 3 is 2.61 bits per heavy atom. The number of benzene rings is 1. The van der Waals surface area contributed by atoms with Gasteiger partial charge >= 0.3 is 0 Å². The van der Waals surface area contributed by atoms with Gasteiger partial charge in [0, 0.05) is 49.5 Å². The lowest BCUT2D eigenvalue weighted by atomic mass is 9.86. The summed E-state index contributed by atoms with van der Waals surface area (Å²) in [6, 6.07) is 6.55. The van der Waals surface area contributed by atoms with Gasteiger partial charge in [0.25, 0.3) is 5.91 Å². The van der Waals surface area contributed by atoms with Gasteiger partial charge in [0.1, 0.15) is 5.82 Å². The third-order valence-electron chi connectivity index (χ3n) is 8.77. The van der Waals surface area contributed by atoms with Crippen molar-refractivity contribution in [2.45, 2.75) is 70.9 Å². The predicted octanol–water partition coefficient (Wildman–Crippen LogP) is 4.93. The van der Waals surface area contributed by atoms with E-state index in [4.69, 9.17) is 0 Å². The van der Waals surface area contributed by atoms with E-state index in [2.05, 4.69) is 20.8 Å². The largest absolute Gasteiger partial charge is 0.336 e. The molecule has 1 saturated carbocycles. The van der Waals surface area contributed by atoms with E-state index in [0.717, 1.165) is 62.6 Å². The highest BCUT2D eigenvalue weighted by Crippen LogP contribution is 2.37. The summed E-state index contributed by atoms with van der Waals surface area (Å²) >= 11 is 0. The number of rotatable bonds is 9. The zero-order valence-electron chi connectivity index (χ0n) is 24.5. The van der Waals surface area contributed by atoms with Gasteiger partial charge in [0.15, 0.2) is 0 Å². The molecule has 1 unspecified atom stereocenters. The van der Waals surface area contributed by atoms with Crippen LogP contribution in [0.3, 0.4) is 0 Å². The van der Waals surface area contributed by atoms with Crippen LogP contribution in [0.5, 0.6) is 0 Å². The summed E-state index contributed by atoms with van der Waals surface area (Å²) in [6.07, 6.45) is 11.9. The lowest BCUT2D eigenvalue weighted by Gasteiger charge is -2.31. The fourth-order valence-corrected chi connectivity index (χ4v) is 7.64. The summed E-state index contributed by atoms with van der Waals surface area (Å²) in [5.74, 6) is 0.302. The molecule has 1 atom stereocenters. The highest BCUT2D eigenvalue weighted by atomic mass is 32.2. The van der Waals surface area contributed by atoms with Crippen LogP contribution in [0.4, 0.5) is 4.39 Å². The predicted molar refractivity (Wildman–Crippen MR) is 160 cm³/mol. The number of fused-ring (bicyclic) bond motifs is 1. The summed E-state index contributed by atoms with van der Waals surface area (Å²) in [7, 11) is -3.16. The lowest BCUT2D eigenvalue weighted by molar-refractivity contribution is 0.0716. The number of hydrogen-bond donors (Lipinski definition) is 1. The number of pyridine rings is 1. The number of likely N-dealkylation sites (tertiary alicyclic amines) is 1. The summed E-state index contributed by atoms with van der Waals surface area (Å²) in [5, 5.41) is 1.11. The standard InChI is InChI=1S/C31H42FN5O3S/c1-5-36(21(2)3)31(38)27-16-24(32)8-11-29(27)37-20-28(26-12-14-33-17-30(26)37)23-13-15-35(19-23)18-22-6-9-25(10-7-22)34-41(4,39)40/h8,11-12,14,16-17,20-23,25,34H,5-7,9-10,13,15,18-19H2,1-4H3/t22-,23?,25-. The molecule has 0 spiro atoms. The van der Waals surface area contributed by atoms with Crippen molar-refractivity contribution in [2.75, 3.05) is 32.4 Å². The molecule has 1 aliphatic carbocycles. The van der Waals surface area contributed by atoms with Gasteiger partial charge in [-0.3, -0.25) is 9.78 Å². The zero-order chi connectivity index (χ0) is 29.3. The first-order valence-corrected chi connectivity index (χ1v) is 16.7. The molecule has 10 heteroatoms. The number of sulfonamides is 1. The lowest BCUT2D eigenvalue weighted by Crippen LogP contribution is -2.39. The highest BCUT2D eigenvalue weighted by Gasteiger charge is 2.31. The first kappa shape index (κ1) is 29.7. The third-order valence-corrected chi connectivity index (χ3v) is 9.53. The van der Waals surface area contributed by atoms with Crippen molar-refractivity contribution in [3.63, 3.8) is 0 Å². The molecule has 2 aromatic heterocycles. The smallest absolute Gasteiger partial charge is 0.256 e. The van der Waals surface area contributed by atoms with E-state index in [1.165, 1.54) is 24.0 Å². The van der Waals surface area contributed by atoms with Crippen LogP contribution in [0, 0.1) is 11.7 Å². The molecule has 1 amide bonds. The van der Waals surface area contributed by atoms with E-state index < -0.39 is 15.8 Å². The van der Waals surface area contributed by atoms with Crippen LogP contribution >= 0.6 is 0 Å². The molecular weight excluding hydrogens is 541 g/mol. The average molecular weight is 584 g/mol. The molecule has 1 aliphatic heterocycles. The van der Waals surface area contributed by atoms with Gasteiger partial charge in [0.05, 0.1) is 29.2 Å². The quantitative estimate of drug-likeness (QED) is 0.386. The Kier molecular flexibility index (Phi) is 8.82. The number of carbonyl (C=O) groups excluding carboxylic acids is 1. The number of hydrogen-bond acceptors (Lipinski definition) is 5. The van der Waals surface area contributed by atoms with E-state index in [9.17, 15) is 17.6 Å². The Bertz CT molecular complexity index is 1500. The SMILES string of the molecule is CCN(C(=O)c1cc(F)ccc1-n1cc(C2CCN(C[C@H]3CC[C@H](NS(C)(=O)=O)CC3)C2)c2ccncc21)C(C)C. The van der Waals surface area contributed by atoms with Crippen molar-refractivity contribution in [1.82, 2.24) is 24.1 Å². The van der Waals surface area contributed by atoms with Crippen molar-refractivity contribution in [1.29, 1.82) is 0 Å². The second-order valence-electron chi connectivity index (χ2n) is 12.0. The number of amides is 1. The molecular formula is C31H42FN5O3S. The molecule has 8 nitrogen and oxygen atoms in total. The van der Waals surface area contributed by atoms with E-state index in [0.29, 0.717) is 29.6 Å². The number of halogens is 1. The highest BCUT2D eigenvalue weighted by molar-refractivity contribution is 7.88. The van der Waals surface area contributed by atoms with E-state index in [-0.39, 0.29) is 18.0 Å². The fraction of sp³-hybridized carbons (Fsp3) is 0.548. The Hall–Kier alpha value is -2.82. The van der Waals surface area contributed by atoms with Gasteiger partial charge in [-0.25, -0.2) is 17.5 Å². The third kappa shape index (κ3) is 6.65. The minimum Gasteiger partial charge on any atom is -0.336 e. The minimum atomic E-state index is -3.16. The molecule has 0 bridgehead atoms. The second-order valence-corrected chi connectivity index (χ2v) is 13.8. The second kappa shape index (κ2) is 12.2. The maximum atomic E-state index is 14.5. The normalized spacial score (nSPS) is 22.0. The van der Waals surface area contributed by atoms with Crippen LogP contribution in [-0.2, 0) is 10.0 Å². The van der Waals surface area contributed by atoms with Crippen molar-refractivity contribution in [3.05, 3.63) is 59.8 Å². The van der Waals surface area contributed by atoms with Crippen LogP contribution in [-0.4, -0.2) is 78.2 Å². The number of nitrogens with zero attached hydrogens (tertiary/aromatic N) is 4. The number of carbonyl (C=O) groups is 1. The molecule has 1 saturated heterocycles. The molecule has 2 fully saturated rings. The van der Waals surface area contributed by atoms with Crippen molar-refractivity contribution in [3.8, 4) is 5.69 Å².